The van der Waals surface area contributed by atoms with Crippen LogP contribution in [0.25, 0.3) is 87.5 Å². The van der Waals surface area contributed by atoms with Gasteiger partial charge in [0.1, 0.15) is 11.0 Å². The maximum absolute atomic E-state index is 14.5. The van der Waals surface area contributed by atoms with E-state index in [0.29, 0.717) is 44.4 Å². The van der Waals surface area contributed by atoms with Crippen LogP contribution in [0.3, 0.4) is 0 Å². The first-order valence-corrected chi connectivity index (χ1v) is 12.9. The molecule has 0 saturated carbocycles. The lowest BCUT2D eigenvalue weighted by atomic mass is 9.87. The van der Waals surface area contributed by atoms with E-state index in [9.17, 15) is 9.59 Å². The van der Waals surface area contributed by atoms with Gasteiger partial charge in [-0.2, -0.15) is 0 Å². The van der Waals surface area contributed by atoms with Crippen LogP contribution in [0.1, 0.15) is 0 Å². The van der Waals surface area contributed by atoms with Gasteiger partial charge in [-0.25, -0.2) is 28.7 Å². The number of benzene rings is 4. The lowest BCUT2D eigenvalue weighted by Gasteiger charge is -2.17. The lowest BCUT2D eigenvalue weighted by Crippen LogP contribution is -2.18. The van der Waals surface area contributed by atoms with E-state index in [-0.39, 0.29) is 11.1 Å². The van der Waals surface area contributed by atoms with Crippen LogP contribution < -0.4 is 11.1 Å². The van der Waals surface area contributed by atoms with Crippen molar-refractivity contribution >= 4 is 87.5 Å². The second-order valence-electron chi connectivity index (χ2n) is 10.2. The van der Waals surface area contributed by atoms with E-state index < -0.39 is 0 Å². The van der Waals surface area contributed by atoms with E-state index in [4.69, 9.17) is 9.97 Å². The molecule has 6 heterocycles. The Balaban J connectivity index is 1.72. The van der Waals surface area contributed by atoms with Gasteiger partial charge >= 0.3 is 0 Å². The van der Waals surface area contributed by atoms with Gasteiger partial charge in [0.15, 0.2) is 22.6 Å². The molecule has 0 aliphatic carbocycles. The Morgan fingerprint density at radius 1 is 0.425 bits per heavy atom. The summed E-state index contributed by atoms with van der Waals surface area (Å²) < 4.78 is 3.24. The first-order chi connectivity index (χ1) is 19.7. The van der Waals surface area contributed by atoms with E-state index in [1.807, 2.05) is 72.8 Å². The van der Waals surface area contributed by atoms with Crippen molar-refractivity contribution in [1.29, 1.82) is 0 Å². The van der Waals surface area contributed by atoms with E-state index in [1.165, 1.54) is 0 Å². The molecule has 0 aliphatic rings. The predicted octanol–water partition coefficient (Wildman–Crippen LogP) is 5.44. The molecule has 0 amide bonds. The van der Waals surface area contributed by atoms with Crippen LogP contribution in [0, 0.1) is 0 Å². The van der Waals surface area contributed by atoms with Gasteiger partial charge in [-0.05, 0) is 45.8 Å². The Kier molecular flexibility index (Phi) is 3.35. The van der Waals surface area contributed by atoms with Gasteiger partial charge < -0.3 is 0 Å². The summed E-state index contributed by atoms with van der Waals surface area (Å²) in [6.07, 6.45) is 3.35. The predicted molar refractivity (Wildman–Crippen MR) is 157 cm³/mol. The molecule has 40 heavy (non-hydrogen) atoms. The van der Waals surface area contributed by atoms with Crippen molar-refractivity contribution in [3.05, 3.63) is 106 Å². The topological polar surface area (TPSA) is 94.5 Å². The number of hydrogen-bond acceptors (Lipinski definition) is 6. The summed E-state index contributed by atoms with van der Waals surface area (Å²) in [4.78, 5) is 47.9. The van der Waals surface area contributed by atoms with Gasteiger partial charge in [0.25, 0.3) is 11.1 Å². The van der Waals surface area contributed by atoms with Crippen LogP contribution in [-0.4, -0.2) is 28.7 Å². The highest BCUT2D eigenvalue weighted by molar-refractivity contribution is 6.43. The molecule has 0 spiro atoms. The molecule has 184 valence electrons. The second-order valence-corrected chi connectivity index (χ2v) is 10.2. The number of rotatable bonds is 0. The number of aromatic nitrogens is 6. The fourth-order valence-electron chi connectivity index (χ4n) is 6.80. The van der Waals surface area contributed by atoms with E-state index in [2.05, 4.69) is 9.97 Å². The molecule has 10 rings (SSSR count). The second kappa shape index (κ2) is 6.62. The van der Waals surface area contributed by atoms with Crippen molar-refractivity contribution in [1.82, 2.24) is 28.7 Å². The van der Waals surface area contributed by atoms with Crippen LogP contribution in [-0.2, 0) is 0 Å². The summed E-state index contributed by atoms with van der Waals surface area (Å²) in [6.45, 7) is 0. The molecule has 10 aromatic rings. The minimum absolute atomic E-state index is 0.208. The third kappa shape index (κ3) is 2.11. The average Bonchev–Trinajstić information content (AvgIpc) is 3.57. The molecule has 0 unspecified atom stereocenters. The molecule has 0 saturated heterocycles. The molecular weight excluding hydrogens is 500 g/mol. The zero-order valence-corrected chi connectivity index (χ0v) is 20.6. The molecule has 0 bridgehead atoms. The molecular formula is C32H14N6O2. The van der Waals surface area contributed by atoms with Crippen molar-refractivity contribution in [2.75, 3.05) is 0 Å². The summed E-state index contributed by atoms with van der Waals surface area (Å²) in [5.41, 5.74) is 2.95. The summed E-state index contributed by atoms with van der Waals surface area (Å²) in [7, 11) is 0. The van der Waals surface area contributed by atoms with E-state index in [1.54, 1.807) is 21.2 Å². The maximum Gasteiger partial charge on any atom is 0.266 e. The normalized spacial score (nSPS) is 12.7. The summed E-state index contributed by atoms with van der Waals surface area (Å²) in [5.74, 6) is 0. The fraction of sp³-hybridized carbons (Fsp3) is 0. The van der Waals surface area contributed by atoms with Crippen molar-refractivity contribution < 1.29 is 0 Å². The monoisotopic (exact) mass is 514 g/mol. The Hall–Kier alpha value is -5.76. The summed E-state index contributed by atoms with van der Waals surface area (Å²) >= 11 is 0. The van der Waals surface area contributed by atoms with Crippen molar-refractivity contribution in [2.24, 2.45) is 0 Å². The lowest BCUT2D eigenvalue weighted by molar-refractivity contribution is 1.15. The number of pyridine rings is 4. The molecule has 0 fully saturated rings. The van der Waals surface area contributed by atoms with Crippen molar-refractivity contribution in [3.8, 4) is 0 Å². The van der Waals surface area contributed by atoms with Gasteiger partial charge in [0.05, 0.1) is 10.8 Å². The Bertz CT molecular complexity index is 2670. The molecule has 8 heteroatoms. The molecule has 0 atom stereocenters. The zero-order chi connectivity index (χ0) is 26.3. The molecule has 0 N–H and O–H groups in total. The highest BCUT2D eigenvalue weighted by Crippen LogP contribution is 2.45. The Morgan fingerprint density at radius 3 is 1.25 bits per heavy atom. The number of fused-ring (bicyclic) bond motifs is 14. The summed E-state index contributed by atoms with van der Waals surface area (Å²) in [5, 5.41) is 7.49. The molecule has 8 nitrogen and oxygen atoms in total. The molecule has 6 aromatic heterocycles. The highest BCUT2D eigenvalue weighted by Gasteiger charge is 2.28. The number of hydrogen-bond donors (Lipinski definition) is 0. The highest BCUT2D eigenvalue weighted by atomic mass is 16.1. The third-order valence-electron chi connectivity index (χ3n) is 8.29. The zero-order valence-electron chi connectivity index (χ0n) is 20.6. The fourth-order valence-corrected chi connectivity index (χ4v) is 6.80. The Morgan fingerprint density at radius 2 is 0.825 bits per heavy atom. The summed E-state index contributed by atoms with van der Waals surface area (Å²) in [6, 6.07) is 23.1. The maximum atomic E-state index is 14.5. The van der Waals surface area contributed by atoms with Crippen molar-refractivity contribution in [2.45, 2.75) is 0 Å². The van der Waals surface area contributed by atoms with Crippen LogP contribution >= 0.6 is 0 Å². The first-order valence-electron chi connectivity index (χ1n) is 12.9. The van der Waals surface area contributed by atoms with E-state index in [0.717, 1.165) is 43.1 Å². The number of imidazole rings is 2. The van der Waals surface area contributed by atoms with E-state index >= 15 is 0 Å². The average molecular weight is 515 g/mol. The van der Waals surface area contributed by atoms with Gasteiger partial charge in [0.2, 0.25) is 0 Å². The van der Waals surface area contributed by atoms with Gasteiger partial charge in [0, 0.05) is 33.9 Å². The minimum atomic E-state index is -0.208. The number of nitrogens with zero attached hydrogens (tertiary/aromatic N) is 6. The van der Waals surface area contributed by atoms with Crippen molar-refractivity contribution in [3.63, 3.8) is 0 Å². The van der Waals surface area contributed by atoms with Gasteiger partial charge in [-0.1, -0.05) is 48.5 Å². The van der Waals surface area contributed by atoms with Gasteiger partial charge in [-0.15, -0.1) is 0 Å². The first kappa shape index (κ1) is 20.2. The standard InChI is InChI=1S/C32H14N6O2/c39-31-23-17-9-3-1-7-15(17)21-25-24(32(40)37-27-19(35-29(21)37)11-5-13-33-27)18-10-4-2-8-16(18)22(26(23)25)30-36-20-12-6-14-34-28(20)38(30)31/h1-14H. The quantitative estimate of drug-likeness (QED) is 0.198. The van der Waals surface area contributed by atoms with Crippen LogP contribution in [0.15, 0.2) is 94.8 Å². The smallest absolute Gasteiger partial charge is 0.266 e. The Labute approximate surface area is 222 Å². The van der Waals surface area contributed by atoms with Crippen LogP contribution in [0.5, 0.6) is 0 Å². The van der Waals surface area contributed by atoms with Gasteiger partial charge in [-0.3, -0.25) is 9.59 Å². The van der Waals surface area contributed by atoms with Crippen LogP contribution in [0.4, 0.5) is 0 Å². The molecule has 4 aromatic carbocycles. The van der Waals surface area contributed by atoms with Crippen LogP contribution in [0.2, 0.25) is 0 Å². The molecule has 0 radical (unpaired) electrons. The largest absolute Gasteiger partial charge is 0.268 e. The molecule has 0 aliphatic heterocycles. The SMILES string of the molecule is O=c1c2c3ccccc3c3c4c(c(=O)n5c6ncccc6nc35)c3ccccc3c(c24)c2nc3cccnc3n12. The third-order valence-corrected chi connectivity index (χ3v) is 8.29. The minimum Gasteiger partial charge on any atom is -0.268 e.